The molecule has 5 heteroatoms. The molecule has 1 aliphatic carbocycles. The number of carboxylic acids is 1. The predicted molar refractivity (Wildman–Crippen MR) is 84.7 cm³/mol. The van der Waals surface area contributed by atoms with Crippen LogP contribution in [-0.2, 0) is 9.59 Å². The Morgan fingerprint density at radius 3 is 2.67 bits per heavy atom. The lowest BCUT2D eigenvalue weighted by Crippen LogP contribution is -2.36. The molecule has 21 heavy (non-hydrogen) atoms. The fourth-order valence-electron chi connectivity index (χ4n) is 2.86. The third-order valence-corrected chi connectivity index (χ3v) is 4.87. The van der Waals surface area contributed by atoms with Crippen molar-refractivity contribution in [2.75, 3.05) is 18.2 Å². The van der Waals surface area contributed by atoms with Crippen molar-refractivity contribution in [2.24, 2.45) is 11.8 Å². The van der Waals surface area contributed by atoms with Crippen LogP contribution in [0.1, 0.15) is 25.7 Å². The van der Waals surface area contributed by atoms with Gasteiger partial charge in [-0.15, -0.1) is 11.8 Å². The van der Waals surface area contributed by atoms with Crippen LogP contribution in [0.5, 0.6) is 0 Å². The molecule has 0 bridgehead atoms. The van der Waals surface area contributed by atoms with E-state index in [1.165, 1.54) is 0 Å². The molecule has 2 atom stereocenters. The molecular weight excluding hydrogens is 286 g/mol. The van der Waals surface area contributed by atoms with Crippen LogP contribution in [0.4, 0.5) is 5.69 Å². The van der Waals surface area contributed by atoms with Gasteiger partial charge in [0.25, 0.3) is 0 Å². The average Bonchev–Trinajstić information content (AvgIpc) is 2.53. The number of carbonyl (C=O) groups excluding carboxylic acids is 1. The first kappa shape index (κ1) is 15.9. The van der Waals surface area contributed by atoms with Gasteiger partial charge in [-0.1, -0.05) is 12.5 Å². The number of hydrogen-bond acceptors (Lipinski definition) is 3. The van der Waals surface area contributed by atoms with Gasteiger partial charge in [-0.25, -0.2) is 0 Å². The summed E-state index contributed by atoms with van der Waals surface area (Å²) in [6, 6.07) is 7.84. The minimum absolute atomic E-state index is 0.0270. The molecule has 1 saturated carbocycles. The van der Waals surface area contributed by atoms with E-state index < -0.39 is 5.97 Å². The molecule has 1 aromatic carbocycles. The van der Waals surface area contributed by atoms with Crippen LogP contribution in [0.15, 0.2) is 29.2 Å². The zero-order chi connectivity index (χ0) is 15.4. The summed E-state index contributed by atoms with van der Waals surface area (Å²) < 4.78 is 0. The van der Waals surface area contributed by atoms with Gasteiger partial charge in [0.1, 0.15) is 0 Å². The highest BCUT2D eigenvalue weighted by Gasteiger charge is 2.32. The first-order valence-corrected chi connectivity index (χ1v) is 8.40. The molecule has 1 fully saturated rings. The highest BCUT2D eigenvalue weighted by molar-refractivity contribution is 7.98. The number of nitrogens with zero attached hydrogens (tertiary/aromatic N) is 1. The second-order valence-electron chi connectivity index (χ2n) is 5.50. The average molecular weight is 307 g/mol. The minimum atomic E-state index is -0.778. The lowest BCUT2D eigenvalue weighted by Gasteiger charge is -2.29. The highest BCUT2D eigenvalue weighted by atomic mass is 32.2. The maximum atomic E-state index is 12.6. The van der Waals surface area contributed by atoms with Gasteiger partial charge in [0.2, 0.25) is 5.91 Å². The van der Waals surface area contributed by atoms with Gasteiger partial charge in [-0.3, -0.25) is 9.59 Å². The van der Waals surface area contributed by atoms with Gasteiger partial charge < -0.3 is 10.0 Å². The van der Waals surface area contributed by atoms with Gasteiger partial charge >= 0.3 is 5.97 Å². The first-order chi connectivity index (χ1) is 10.0. The summed E-state index contributed by atoms with van der Waals surface area (Å²) in [7, 11) is 1.77. The Balaban J connectivity index is 2.09. The quantitative estimate of drug-likeness (QED) is 0.867. The van der Waals surface area contributed by atoms with Crippen LogP contribution in [0.3, 0.4) is 0 Å². The van der Waals surface area contributed by atoms with Gasteiger partial charge in [0, 0.05) is 23.5 Å². The normalized spacial score (nSPS) is 21.8. The number of hydrogen-bond donors (Lipinski definition) is 1. The van der Waals surface area contributed by atoms with E-state index in [2.05, 4.69) is 0 Å². The zero-order valence-electron chi connectivity index (χ0n) is 12.4. The molecule has 114 valence electrons. The fourth-order valence-corrected chi connectivity index (χ4v) is 3.31. The van der Waals surface area contributed by atoms with Crippen LogP contribution in [0.25, 0.3) is 0 Å². The van der Waals surface area contributed by atoms with E-state index in [0.717, 1.165) is 23.4 Å². The number of carboxylic acid groups (broad SMARTS) is 1. The van der Waals surface area contributed by atoms with Gasteiger partial charge in [0.15, 0.2) is 0 Å². The van der Waals surface area contributed by atoms with E-state index in [1.807, 2.05) is 30.5 Å². The highest BCUT2D eigenvalue weighted by Crippen LogP contribution is 2.32. The van der Waals surface area contributed by atoms with E-state index >= 15 is 0 Å². The first-order valence-electron chi connectivity index (χ1n) is 7.17. The maximum absolute atomic E-state index is 12.6. The van der Waals surface area contributed by atoms with E-state index in [4.69, 9.17) is 5.11 Å². The number of thioether (sulfide) groups is 1. The molecule has 0 heterocycles. The van der Waals surface area contributed by atoms with Crippen molar-refractivity contribution in [3.8, 4) is 0 Å². The molecule has 1 aromatic rings. The molecule has 1 aliphatic rings. The molecule has 0 aromatic heterocycles. The summed E-state index contributed by atoms with van der Waals surface area (Å²) in [5, 5.41) is 9.13. The third kappa shape index (κ3) is 3.79. The standard InChI is InChI=1S/C16H21NO3S/c1-17(13-7-4-8-14(10-13)21-2)15(18)11-5-3-6-12(9-11)16(19)20/h4,7-8,10-12H,3,5-6,9H2,1-2H3,(H,19,20). The Labute approximate surface area is 129 Å². The molecular formula is C16H21NO3S. The van der Waals surface area contributed by atoms with Crippen LogP contribution < -0.4 is 4.90 Å². The SMILES string of the molecule is CSc1cccc(N(C)C(=O)C2CCCC(C(=O)O)C2)c1. The molecule has 2 rings (SSSR count). The van der Waals surface area contributed by atoms with E-state index in [1.54, 1.807) is 23.7 Å². The Hall–Kier alpha value is -1.49. The van der Waals surface area contributed by atoms with Crippen molar-refractivity contribution in [1.82, 2.24) is 0 Å². The van der Waals surface area contributed by atoms with Crippen molar-refractivity contribution in [3.05, 3.63) is 24.3 Å². The number of carbonyl (C=O) groups is 2. The summed E-state index contributed by atoms with van der Waals surface area (Å²) >= 11 is 1.64. The van der Waals surface area contributed by atoms with Crippen molar-refractivity contribution in [2.45, 2.75) is 30.6 Å². The predicted octanol–water partition coefficient (Wildman–Crippen LogP) is 3.26. The number of benzene rings is 1. The topological polar surface area (TPSA) is 57.6 Å². The van der Waals surface area contributed by atoms with E-state index in [-0.39, 0.29) is 17.7 Å². The molecule has 0 aliphatic heterocycles. The minimum Gasteiger partial charge on any atom is -0.481 e. The Morgan fingerprint density at radius 1 is 1.29 bits per heavy atom. The van der Waals surface area contributed by atoms with Crippen LogP contribution in [0.2, 0.25) is 0 Å². The second-order valence-corrected chi connectivity index (χ2v) is 6.38. The van der Waals surface area contributed by atoms with Gasteiger partial charge in [-0.2, -0.15) is 0 Å². The summed E-state index contributed by atoms with van der Waals surface area (Å²) in [6.07, 6.45) is 4.74. The Morgan fingerprint density at radius 2 is 2.00 bits per heavy atom. The number of aliphatic carboxylic acids is 1. The molecule has 0 radical (unpaired) electrons. The molecule has 2 unspecified atom stereocenters. The second kappa shape index (κ2) is 6.98. The zero-order valence-corrected chi connectivity index (χ0v) is 13.2. The molecule has 4 nitrogen and oxygen atoms in total. The van der Waals surface area contributed by atoms with Gasteiger partial charge in [0.05, 0.1) is 5.92 Å². The molecule has 0 spiro atoms. The van der Waals surface area contributed by atoms with E-state index in [0.29, 0.717) is 12.8 Å². The number of amides is 1. The van der Waals surface area contributed by atoms with Crippen LogP contribution in [0, 0.1) is 11.8 Å². The monoisotopic (exact) mass is 307 g/mol. The maximum Gasteiger partial charge on any atom is 0.306 e. The summed E-state index contributed by atoms with van der Waals surface area (Å²) in [5.41, 5.74) is 0.865. The largest absolute Gasteiger partial charge is 0.481 e. The fraction of sp³-hybridized carbons (Fsp3) is 0.500. The molecule has 1 N–H and O–H groups in total. The molecule has 0 saturated heterocycles. The summed E-state index contributed by atoms with van der Waals surface area (Å²) in [4.78, 5) is 26.5. The van der Waals surface area contributed by atoms with Crippen molar-refractivity contribution >= 4 is 29.3 Å². The van der Waals surface area contributed by atoms with Crippen molar-refractivity contribution in [1.29, 1.82) is 0 Å². The summed E-state index contributed by atoms with van der Waals surface area (Å²) in [6.45, 7) is 0. The summed E-state index contributed by atoms with van der Waals surface area (Å²) in [5.74, 6) is -1.31. The third-order valence-electron chi connectivity index (χ3n) is 4.14. The van der Waals surface area contributed by atoms with E-state index in [9.17, 15) is 9.59 Å². The van der Waals surface area contributed by atoms with Crippen molar-refractivity contribution in [3.63, 3.8) is 0 Å². The van der Waals surface area contributed by atoms with Crippen molar-refractivity contribution < 1.29 is 14.7 Å². The smallest absolute Gasteiger partial charge is 0.306 e. The Kier molecular flexibility index (Phi) is 5.28. The Bertz CT molecular complexity index is 532. The molecule has 1 amide bonds. The van der Waals surface area contributed by atoms with Gasteiger partial charge in [-0.05, 0) is 43.7 Å². The number of rotatable bonds is 4. The number of anilines is 1. The lowest BCUT2D eigenvalue weighted by atomic mass is 9.81. The van der Waals surface area contributed by atoms with Crippen LogP contribution in [-0.4, -0.2) is 30.3 Å². The lowest BCUT2D eigenvalue weighted by molar-refractivity contribution is -0.143. The van der Waals surface area contributed by atoms with Crippen LogP contribution >= 0.6 is 11.8 Å².